The highest BCUT2D eigenvalue weighted by atomic mass is 19.4. The number of rotatable bonds is 6. The molecule has 3 rings (SSSR count). The van der Waals surface area contributed by atoms with Crippen molar-refractivity contribution in [2.75, 3.05) is 11.4 Å². The normalized spacial score (nSPS) is 11.2. The Morgan fingerprint density at radius 2 is 1.86 bits per heavy atom. The molecule has 0 aliphatic rings. The van der Waals surface area contributed by atoms with Gasteiger partial charge in [0.05, 0.1) is 10.6 Å². The van der Waals surface area contributed by atoms with Crippen molar-refractivity contribution >= 4 is 17.3 Å². The molecule has 2 aromatic carbocycles. The fraction of sp³-hybridized carbons (Fsp3) is 0.158. The minimum Gasteiger partial charge on any atom is -0.438 e. The Labute approximate surface area is 163 Å². The third-order valence-corrected chi connectivity index (χ3v) is 3.91. The van der Waals surface area contributed by atoms with E-state index in [1.165, 1.54) is 35.2 Å². The highest BCUT2D eigenvalue weighted by Gasteiger charge is 2.37. The molecular formula is C19H15F3N4O3. The molecule has 0 atom stereocenters. The monoisotopic (exact) mass is 404 g/mol. The van der Waals surface area contributed by atoms with Crippen LogP contribution in [0.1, 0.15) is 12.5 Å². The van der Waals surface area contributed by atoms with Crippen molar-refractivity contribution in [1.29, 1.82) is 0 Å². The van der Waals surface area contributed by atoms with Crippen LogP contribution in [0.4, 0.5) is 30.5 Å². The first-order valence-electron chi connectivity index (χ1n) is 8.48. The topological polar surface area (TPSA) is 81.4 Å². The fourth-order valence-corrected chi connectivity index (χ4v) is 2.57. The van der Waals surface area contributed by atoms with Crippen LogP contribution in [0.3, 0.4) is 0 Å². The van der Waals surface area contributed by atoms with Crippen LogP contribution < -0.4 is 9.64 Å². The van der Waals surface area contributed by atoms with E-state index in [1.54, 1.807) is 31.2 Å². The molecule has 0 fully saturated rings. The summed E-state index contributed by atoms with van der Waals surface area (Å²) >= 11 is 0. The lowest BCUT2D eigenvalue weighted by Gasteiger charge is -2.22. The van der Waals surface area contributed by atoms with Crippen LogP contribution in [0, 0.1) is 10.1 Å². The zero-order valence-corrected chi connectivity index (χ0v) is 15.1. The van der Waals surface area contributed by atoms with Gasteiger partial charge in [-0.05, 0) is 25.1 Å². The quantitative estimate of drug-likeness (QED) is 0.407. The lowest BCUT2D eigenvalue weighted by molar-refractivity contribution is -0.384. The third-order valence-electron chi connectivity index (χ3n) is 3.91. The van der Waals surface area contributed by atoms with E-state index in [4.69, 9.17) is 4.74 Å². The summed E-state index contributed by atoms with van der Waals surface area (Å²) in [5.74, 6) is -0.550. The number of halogens is 3. The van der Waals surface area contributed by atoms with E-state index in [0.29, 0.717) is 11.9 Å². The van der Waals surface area contributed by atoms with E-state index in [0.717, 1.165) is 0 Å². The summed E-state index contributed by atoms with van der Waals surface area (Å²) in [7, 11) is 0. The number of hydrogen-bond donors (Lipinski definition) is 0. The molecule has 0 amide bonds. The summed E-state index contributed by atoms with van der Waals surface area (Å²) < 4.78 is 45.5. The first kappa shape index (κ1) is 20.1. The van der Waals surface area contributed by atoms with Gasteiger partial charge >= 0.3 is 6.18 Å². The lowest BCUT2D eigenvalue weighted by atomic mass is 10.2. The number of nitrogens with zero attached hydrogens (tertiary/aromatic N) is 4. The van der Waals surface area contributed by atoms with Crippen molar-refractivity contribution < 1.29 is 22.8 Å². The van der Waals surface area contributed by atoms with E-state index in [2.05, 4.69) is 9.97 Å². The Bertz CT molecular complexity index is 1010. The summed E-state index contributed by atoms with van der Waals surface area (Å²) in [6.07, 6.45) is -4.08. The largest absolute Gasteiger partial charge is 0.438 e. The van der Waals surface area contributed by atoms with E-state index in [-0.39, 0.29) is 23.9 Å². The predicted molar refractivity (Wildman–Crippen MR) is 99.3 cm³/mol. The average Bonchev–Trinajstić information content (AvgIpc) is 2.69. The number of anilines is 2. The number of alkyl halides is 3. The molecule has 0 spiro atoms. The first-order chi connectivity index (χ1) is 13.8. The number of benzene rings is 2. The molecule has 10 heteroatoms. The van der Waals surface area contributed by atoms with Crippen LogP contribution in [-0.2, 0) is 6.18 Å². The molecule has 0 N–H and O–H groups in total. The molecule has 3 aromatic rings. The van der Waals surface area contributed by atoms with Crippen LogP contribution in [0.5, 0.6) is 11.6 Å². The summed E-state index contributed by atoms with van der Waals surface area (Å²) in [4.78, 5) is 19.7. The van der Waals surface area contributed by atoms with Gasteiger partial charge in [-0.25, -0.2) is 4.98 Å². The molecule has 1 aromatic heterocycles. The Balaban J connectivity index is 2.05. The van der Waals surface area contributed by atoms with Gasteiger partial charge in [0.15, 0.2) is 0 Å². The number of hydrogen-bond acceptors (Lipinski definition) is 6. The second kappa shape index (κ2) is 8.13. The zero-order valence-electron chi connectivity index (χ0n) is 15.1. The molecule has 0 radical (unpaired) electrons. The molecule has 0 unspecified atom stereocenters. The van der Waals surface area contributed by atoms with Crippen molar-refractivity contribution in [2.24, 2.45) is 0 Å². The number of aromatic nitrogens is 2. The van der Waals surface area contributed by atoms with Crippen LogP contribution >= 0.6 is 0 Å². The Hall–Kier alpha value is -3.69. The van der Waals surface area contributed by atoms with Gasteiger partial charge in [0.1, 0.15) is 11.3 Å². The SMILES string of the molecule is CCN(c1cccc([N+](=O)[O-])c1)c1ncc(C(F)(F)F)c(Oc2ccccc2)n1. The Morgan fingerprint density at radius 3 is 2.48 bits per heavy atom. The Morgan fingerprint density at radius 1 is 1.14 bits per heavy atom. The summed E-state index contributed by atoms with van der Waals surface area (Å²) in [5, 5.41) is 11.0. The predicted octanol–water partition coefficient (Wildman–Crippen LogP) is 5.35. The molecule has 29 heavy (non-hydrogen) atoms. The summed E-state index contributed by atoms with van der Waals surface area (Å²) in [6, 6.07) is 13.6. The second-order valence-electron chi connectivity index (χ2n) is 5.82. The molecule has 7 nitrogen and oxygen atoms in total. The number of nitro groups is 1. The van der Waals surface area contributed by atoms with Gasteiger partial charge in [-0.2, -0.15) is 18.2 Å². The molecule has 150 valence electrons. The molecule has 0 bridgehead atoms. The van der Waals surface area contributed by atoms with Gasteiger partial charge in [0.25, 0.3) is 5.69 Å². The van der Waals surface area contributed by atoms with Gasteiger partial charge in [-0.15, -0.1) is 0 Å². The van der Waals surface area contributed by atoms with E-state index < -0.39 is 22.5 Å². The number of nitro benzene ring substituents is 1. The number of non-ortho nitro benzene ring substituents is 1. The van der Waals surface area contributed by atoms with Gasteiger partial charge < -0.3 is 9.64 Å². The molecular weight excluding hydrogens is 389 g/mol. The van der Waals surface area contributed by atoms with Crippen molar-refractivity contribution in [3.05, 3.63) is 76.5 Å². The van der Waals surface area contributed by atoms with Crippen molar-refractivity contribution in [3.8, 4) is 11.6 Å². The maximum Gasteiger partial charge on any atom is 0.423 e. The Kier molecular flexibility index (Phi) is 5.62. The average molecular weight is 404 g/mol. The smallest absolute Gasteiger partial charge is 0.423 e. The molecule has 0 aliphatic carbocycles. The van der Waals surface area contributed by atoms with E-state index in [1.807, 2.05) is 0 Å². The molecule has 1 heterocycles. The number of ether oxygens (including phenoxy) is 1. The zero-order chi connectivity index (χ0) is 21.0. The molecule has 0 saturated carbocycles. The van der Waals surface area contributed by atoms with Gasteiger partial charge in [0.2, 0.25) is 11.8 Å². The van der Waals surface area contributed by atoms with Crippen LogP contribution in [0.2, 0.25) is 0 Å². The van der Waals surface area contributed by atoms with Gasteiger partial charge in [-0.3, -0.25) is 10.1 Å². The highest BCUT2D eigenvalue weighted by molar-refractivity contribution is 5.61. The number of para-hydroxylation sites is 1. The summed E-state index contributed by atoms with van der Waals surface area (Å²) in [6.45, 7) is 1.98. The minimum absolute atomic E-state index is 0.0769. The standard InChI is InChI=1S/C19H15F3N4O3/c1-2-25(13-7-6-8-14(11-13)26(27)28)18-23-12-16(19(20,21)22)17(24-18)29-15-9-4-3-5-10-15/h3-12H,2H2,1H3. The minimum atomic E-state index is -4.72. The highest BCUT2D eigenvalue weighted by Crippen LogP contribution is 2.38. The van der Waals surface area contributed by atoms with Gasteiger partial charge in [-0.1, -0.05) is 24.3 Å². The van der Waals surface area contributed by atoms with Crippen LogP contribution in [0.25, 0.3) is 0 Å². The lowest BCUT2D eigenvalue weighted by Crippen LogP contribution is -2.20. The molecule has 0 aliphatic heterocycles. The second-order valence-corrected chi connectivity index (χ2v) is 5.82. The summed E-state index contributed by atoms with van der Waals surface area (Å²) in [5.41, 5.74) is -0.916. The van der Waals surface area contributed by atoms with Gasteiger partial charge in [0, 0.05) is 24.9 Å². The van der Waals surface area contributed by atoms with Crippen molar-refractivity contribution in [1.82, 2.24) is 9.97 Å². The van der Waals surface area contributed by atoms with Crippen molar-refractivity contribution in [3.63, 3.8) is 0 Å². The first-order valence-corrected chi connectivity index (χ1v) is 8.48. The maximum absolute atomic E-state index is 13.4. The van der Waals surface area contributed by atoms with E-state index >= 15 is 0 Å². The maximum atomic E-state index is 13.4. The van der Waals surface area contributed by atoms with Crippen LogP contribution in [0.15, 0.2) is 60.8 Å². The fourth-order valence-electron chi connectivity index (χ4n) is 2.57. The van der Waals surface area contributed by atoms with E-state index in [9.17, 15) is 23.3 Å². The van der Waals surface area contributed by atoms with Crippen LogP contribution in [-0.4, -0.2) is 21.4 Å². The molecule has 0 saturated heterocycles. The van der Waals surface area contributed by atoms with Crippen molar-refractivity contribution in [2.45, 2.75) is 13.1 Å². The third kappa shape index (κ3) is 4.60.